The highest BCUT2D eigenvalue weighted by Crippen LogP contribution is 2.29. The molecule has 1 heterocycles. The molecule has 1 fully saturated rings. The zero-order chi connectivity index (χ0) is 18.5. The van der Waals surface area contributed by atoms with E-state index in [9.17, 15) is 18.0 Å². The molecular formula is C18H26F3N3O. The van der Waals surface area contributed by atoms with Gasteiger partial charge in [0.05, 0.1) is 5.56 Å². The SMILES string of the molecule is CC(C)(CNC(=O)NCc1cccc(C(F)(F)F)c1)N1CCCCC1. The summed E-state index contributed by atoms with van der Waals surface area (Å²) in [4.78, 5) is 14.3. The number of urea groups is 1. The molecule has 0 atom stereocenters. The number of piperidine rings is 1. The quantitative estimate of drug-likeness (QED) is 0.843. The van der Waals surface area contributed by atoms with Gasteiger partial charge in [-0.2, -0.15) is 13.2 Å². The molecule has 25 heavy (non-hydrogen) atoms. The molecule has 0 unspecified atom stereocenters. The summed E-state index contributed by atoms with van der Waals surface area (Å²) < 4.78 is 38.1. The molecule has 0 aliphatic carbocycles. The molecule has 0 aromatic heterocycles. The first kappa shape index (κ1) is 19.6. The molecule has 1 aliphatic rings. The van der Waals surface area contributed by atoms with E-state index < -0.39 is 11.7 Å². The second-order valence-corrected chi connectivity index (χ2v) is 7.09. The summed E-state index contributed by atoms with van der Waals surface area (Å²) in [5.41, 5.74) is -0.438. The number of benzene rings is 1. The Bertz CT molecular complexity index is 581. The summed E-state index contributed by atoms with van der Waals surface area (Å²) >= 11 is 0. The van der Waals surface area contributed by atoms with Crippen molar-refractivity contribution in [2.75, 3.05) is 19.6 Å². The fourth-order valence-electron chi connectivity index (χ4n) is 3.01. The number of carbonyl (C=O) groups is 1. The minimum absolute atomic E-state index is 0.0555. The van der Waals surface area contributed by atoms with Crippen LogP contribution in [-0.2, 0) is 12.7 Å². The number of alkyl halides is 3. The van der Waals surface area contributed by atoms with Crippen LogP contribution in [0.1, 0.15) is 44.2 Å². The molecule has 1 aromatic carbocycles. The van der Waals surface area contributed by atoms with Gasteiger partial charge in [0.15, 0.2) is 0 Å². The van der Waals surface area contributed by atoms with E-state index in [1.54, 1.807) is 6.07 Å². The van der Waals surface area contributed by atoms with Crippen molar-refractivity contribution in [1.29, 1.82) is 0 Å². The van der Waals surface area contributed by atoms with E-state index in [1.807, 2.05) is 0 Å². The van der Waals surface area contributed by atoms with Gasteiger partial charge in [-0.1, -0.05) is 18.6 Å². The third kappa shape index (κ3) is 5.92. The van der Waals surface area contributed by atoms with Gasteiger partial charge in [-0.25, -0.2) is 4.79 Å². The fraction of sp³-hybridized carbons (Fsp3) is 0.611. The maximum Gasteiger partial charge on any atom is 0.416 e. The van der Waals surface area contributed by atoms with Crippen LogP contribution < -0.4 is 10.6 Å². The lowest BCUT2D eigenvalue weighted by Crippen LogP contribution is -2.54. The number of nitrogens with one attached hydrogen (secondary N) is 2. The van der Waals surface area contributed by atoms with Crippen molar-refractivity contribution in [2.45, 2.75) is 51.4 Å². The van der Waals surface area contributed by atoms with Crippen molar-refractivity contribution >= 4 is 6.03 Å². The number of rotatable bonds is 5. The zero-order valence-electron chi connectivity index (χ0n) is 14.7. The Labute approximate surface area is 146 Å². The number of hydrogen-bond acceptors (Lipinski definition) is 2. The van der Waals surface area contributed by atoms with Crippen molar-refractivity contribution in [3.63, 3.8) is 0 Å². The van der Waals surface area contributed by atoms with Crippen LogP contribution in [0.5, 0.6) is 0 Å². The van der Waals surface area contributed by atoms with Crippen LogP contribution >= 0.6 is 0 Å². The van der Waals surface area contributed by atoms with Crippen molar-refractivity contribution in [3.8, 4) is 0 Å². The van der Waals surface area contributed by atoms with Crippen LogP contribution in [0.3, 0.4) is 0 Å². The fourth-order valence-corrected chi connectivity index (χ4v) is 3.01. The largest absolute Gasteiger partial charge is 0.416 e. The lowest BCUT2D eigenvalue weighted by molar-refractivity contribution is -0.137. The standard InChI is InChI=1S/C18H26F3N3O/c1-17(2,24-9-4-3-5-10-24)13-23-16(25)22-12-14-7-6-8-15(11-14)18(19,20)21/h6-8,11H,3-5,9-10,12-13H2,1-2H3,(H2,22,23,25). The number of likely N-dealkylation sites (tertiary alicyclic amines) is 1. The van der Waals surface area contributed by atoms with Gasteiger partial charge in [0, 0.05) is 18.6 Å². The van der Waals surface area contributed by atoms with Gasteiger partial charge in [0.1, 0.15) is 0 Å². The van der Waals surface area contributed by atoms with Crippen molar-refractivity contribution in [2.24, 2.45) is 0 Å². The molecule has 140 valence electrons. The first-order chi connectivity index (χ1) is 11.7. The van der Waals surface area contributed by atoms with Crippen LogP contribution in [0.15, 0.2) is 24.3 Å². The molecule has 1 saturated heterocycles. The number of halogens is 3. The van der Waals surface area contributed by atoms with E-state index in [4.69, 9.17) is 0 Å². The highest BCUT2D eigenvalue weighted by atomic mass is 19.4. The smallest absolute Gasteiger partial charge is 0.336 e. The number of carbonyl (C=O) groups excluding carboxylic acids is 1. The molecule has 2 N–H and O–H groups in total. The van der Waals surface area contributed by atoms with Crippen molar-refractivity contribution in [3.05, 3.63) is 35.4 Å². The van der Waals surface area contributed by atoms with Gasteiger partial charge < -0.3 is 10.6 Å². The molecular weight excluding hydrogens is 331 g/mol. The molecule has 0 radical (unpaired) electrons. The monoisotopic (exact) mass is 357 g/mol. The maximum atomic E-state index is 12.7. The number of amides is 2. The summed E-state index contributed by atoms with van der Waals surface area (Å²) in [7, 11) is 0. The number of hydrogen-bond donors (Lipinski definition) is 2. The second-order valence-electron chi connectivity index (χ2n) is 7.09. The Morgan fingerprint density at radius 2 is 1.80 bits per heavy atom. The van der Waals surface area contributed by atoms with Crippen LogP contribution in [0, 0.1) is 0 Å². The molecule has 0 saturated carbocycles. The van der Waals surface area contributed by atoms with Gasteiger partial charge in [0.25, 0.3) is 0 Å². The topological polar surface area (TPSA) is 44.4 Å². The summed E-state index contributed by atoms with van der Waals surface area (Å²) in [6, 6.07) is 4.61. The molecule has 0 bridgehead atoms. The van der Waals surface area contributed by atoms with E-state index >= 15 is 0 Å². The Balaban J connectivity index is 1.80. The third-order valence-electron chi connectivity index (χ3n) is 4.60. The first-order valence-corrected chi connectivity index (χ1v) is 8.61. The summed E-state index contributed by atoms with van der Waals surface area (Å²) in [5, 5.41) is 5.44. The van der Waals surface area contributed by atoms with E-state index in [1.165, 1.54) is 25.3 Å². The minimum atomic E-state index is -4.38. The van der Waals surface area contributed by atoms with Gasteiger partial charge in [0.2, 0.25) is 0 Å². The van der Waals surface area contributed by atoms with Gasteiger partial charge in [-0.15, -0.1) is 0 Å². The normalized spacial score (nSPS) is 16.5. The molecule has 7 heteroatoms. The van der Waals surface area contributed by atoms with Crippen molar-refractivity contribution in [1.82, 2.24) is 15.5 Å². The average molecular weight is 357 g/mol. The van der Waals surface area contributed by atoms with Crippen LogP contribution in [0.25, 0.3) is 0 Å². The van der Waals surface area contributed by atoms with Crippen LogP contribution in [-0.4, -0.2) is 36.1 Å². The number of nitrogens with zero attached hydrogens (tertiary/aromatic N) is 1. The summed E-state index contributed by atoms with van der Waals surface area (Å²) in [6.45, 7) is 6.78. The average Bonchev–Trinajstić information content (AvgIpc) is 2.58. The Hall–Kier alpha value is -1.76. The van der Waals surface area contributed by atoms with Crippen molar-refractivity contribution < 1.29 is 18.0 Å². The van der Waals surface area contributed by atoms with E-state index in [-0.39, 0.29) is 18.1 Å². The molecule has 1 aromatic rings. The van der Waals surface area contributed by atoms with E-state index in [2.05, 4.69) is 29.4 Å². The third-order valence-corrected chi connectivity index (χ3v) is 4.60. The Morgan fingerprint density at radius 1 is 1.12 bits per heavy atom. The van der Waals surface area contributed by atoms with Gasteiger partial charge in [-0.05, 0) is 57.5 Å². The lowest BCUT2D eigenvalue weighted by atomic mass is 9.98. The van der Waals surface area contributed by atoms with Gasteiger partial charge >= 0.3 is 12.2 Å². The second kappa shape index (κ2) is 8.08. The van der Waals surface area contributed by atoms with E-state index in [0.29, 0.717) is 12.1 Å². The Morgan fingerprint density at radius 3 is 2.44 bits per heavy atom. The predicted octanol–water partition coefficient (Wildman–Crippen LogP) is 3.77. The van der Waals surface area contributed by atoms with Crippen LogP contribution in [0.2, 0.25) is 0 Å². The highest BCUT2D eigenvalue weighted by Gasteiger charge is 2.30. The van der Waals surface area contributed by atoms with Gasteiger partial charge in [-0.3, -0.25) is 4.90 Å². The molecule has 1 aliphatic heterocycles. The lowest BCUT2D eigenvalue weighted by Gasteiger charge is -2.41. The summed E-state index contributed by atoms with van der Waals surface area (Å²) in [6.07, 6.45) is -0.787. The maximum absolute atomic E-state index is 12.7. The molecule has 0 spiro atoms. The first-order valence-electron chi connectivity index (χ1n) is 8.61. The highest BCUT2D eigenvalue weighted by molar-refractivity contribution is 5.73. The zero-order valence-corrected chi connectivity index (χ0v) is 14.7. The molecule has 2 amide bonds. The predicted molar refractivity (Wildman–Crippen MR) is 91.2 cm³/mol. The minimum Gasteiger partial charge on any atom is -0.336 e. The summed E-state index contributed by atoms with van der Waals surface area (Å²) in [5.74, 6) is 0. The molecule has 2 rings (SSSR count). The van der Waals surface area contributed by atoms with E-state index in [0.717, 1.165) is 25.2 Å². The van der Waals surface area contributed by atoms with Crippen LogP contribution in [0.4, 0.5) is 18.0 Å². The molecule has 4 nitrogen and oxygen atoms in total. The Kier molecular flexibility index (Phi) is 6.32.